The molecule has 0 spiro atoms. The molecule has 1 aliphatic carbocycles. The molecule has 2 nitrogen and oxygen atoms in total. The molecule has 0 bridgehead atoms. The zero-order valence-electron chi connectivity index (χ0n) is 8.24. The standard InChI is InChI=1S/C10H20N2S/c11-6-10-8-13-5-4-12(10)7-9-2-1-3-9/h9-10H,1-8,11H2. The summed E-state index contributed by atoms with van der Waals surface area (Å²) in [5.41, 5.74) is 5.77. The highest BCUT2D eigenvalue weighted by molar-refractivity contribution is 7.99. The Bertz CT molecular complexity index is 159. The topological polar surface area (TPSA) is 29.3 Å². The lowest BCUT2D eigenvalue weighted by molar-refractivity contribution is 0.149. The van der Waals surface area contributed by atoms with E-state index >= 15 is 0 Å². The summed E-state index contributed by atoms with van der Waals surface area (Å²) in [4.78, 5) is 2.63. The van der Waals surface area contributed by atoms with E-state index in [2.05, 4.69) is 16.7 Å². The maximum atomic E-state index is 5.77. The van der Waals surface area contributed by atoms with Crippen molar-refractivity contribution in [3.8, 4) is 0 Å². The summed E-state index contributed by atoms with van der Waals surface area (Å²) in [6.07, 6.45) is 4.38. The van der Waals surface area contributed by atoms with Crippen molar-refractivity contribution in [2.45, 2.75) is 25.3 Å². The summed E-state index contributed by atoms with van der Waals surface area (Å²) < 4.78 is 0. The van der Waals surface area contributed by atoms with Gasteiger partial charge in [-0.15, -0.1) is 0 Å². The Labute approximate surface area is 85.2 Å². The van der Waals surface area contributed by atoms with Crippen LogP contribution in [0, 0.1) is 5.92 Å². The number of hydrogen-bond donors (Lipinski definition) is 1. The smallest absolute Gasteiger partial charge is 0.0309 e. The molecule has 1 unspecified atom stereocenters. The minimum absolute atomic E-state index is 0.666. The van der Waals surface area contributed by atoms with Gasteiger partial charge in [0.1, 0.15) is 0 Å². The molecule has 2 rings (SSSR count). The molecule has 3 heteroatoms. The molecule has 0 radical (unpaired) electrons. The van der Waals surface area contributed by atoms with Gasteiger partial charge in [-0.2, -0.15) is 11.8 Å². The first kappa shape index (κ1) is 9.81. The highest BCUT2D eigenvalue weighted by atomic mass is 32.2. The van der Waals surface area contributed by atoms with Crippen molar-refractivity contribution in [3.63, 3.8) is 0 Å². The number of thioether (sulfide) groups is 1. The van der Waals surface area contributed by atoms with Gasteiger partial charge in [-0.3, -0.25) is 4.90 Å². The third-order valence-corrected chi connectivity index (χ3v) is 4.43. The maximum absolute atomic E-state index is 5.77. The molecule has 1 aliphatic heterocycles. The van der Waals surface area contributed by atoms with E-state index in [9.17, 15) is 0 Å². The molecule has 1 saturated heterocycles. The molecule has 13 heavy (non-hydrogen) atoms. The second kappa shape index (κ2) is 4.67. The Morgan fingerprint density at radius 1 is 1.38 bits per heavy atom. The van der Waals surface area contributed by atoms with Gasteiger partial charge in [-0.1, -0.05) is 6.42 Å². The molecule has 2 N–H and O–H groups in total. The molecular weight excluding hydrogens is 180 g/mol. The van der Waals surface area contributed by atoms with Crippen LogP contribution < -0.4 is 5.73 Å². The van der Waals surface area contributed by atoms with Gasteiger partial charge in [-0.25, -0.2) is 0 Å². The monoisotopic (exact) mass is 200 g/mol. The third-order valence-electron chi connectivity index (χ3n) is 3.34. The first-order valence-corrected chi connectivity index (χ1v) is 6.57. The molecule has 1 saturated carbocycles. The summed E-state index contributed by atoms with van der Waals surface area (Å²) in [6.45, 7) is 3.44. The van der Waals surface area contributed by atoms with Crippen molar-refractivity contribution in [2.75, 3.05) is 31.1 Å². The normalized spacial score (nSPS) is 31.6. The second-order valence-corrected chi connectivity index (χ2v) is 5.41. The van der Waals surface area contributed by atoms with Crippen molar-refractivity contribution in [1.29, 1.82) is 0 Å². The predicted octanol–water partition coefficient (Wildman–Crippen LogP) is 1.16. The zero-order chi connectivity index (χ0) is 9.10. The second-order valence-electron chi connectivity index (χ2n) is 4.26. The molecule has 1 heterocycles. The predicted molar refractivity (Wildman–Crippen MR) is 59.1 cm³/mol. The summed E-state index contributed by atoms with van der Waals surface area (Å²) in [5, 5.41) is 0. The van der Waals surface area contributed by atoms with Crippen molar-refractivity contribution in [2.24, 2.45) is 11.7 Å². The SMILES string of the molecule is NCC1CSCCN1CC1CCC1. The summed E-state index contributed by atoms with van der Waals surface area (Å²) >= 11 is 2.06. The fourth-order valence-corrected chi connectivity index (χ4v) is 3.30. The van der Waals surface area contributed by atoms with E-state index in [1.54, 1.807) is 0 Å². The summed E-state index contributed by atoms with van der Waals surface area (Å²) in [5.74, 6) is 3.56. The average Bonchev–Trinajstić information content (AvgIpc) is 2.12. The lowest BCUT2D eigenvalue weighted by atomic mass is 9.85. The van der Waals surface area contributed by atoms with E-state index in [4.69, 9.17) is 5.73 Å². The van der Waals surface area contributed by atoms with Crippen molar-refractivity contribution in [1.82, 2.24) is 4.90 Å². The molecule has 76 valence electrons. The van der Waals surface area contributed by atoms with Gasteiger partial charge >= 0.3 is 0 Å². The first-order chi connectivity index (χ1) is 6.40. The minimum Gasteiger partial charge on any atom is -0.329 e. The van der Waals surface area contributed by atoms with E-state index in [0.717, 1.165) is 12.5 Å². The molecule has 1 atom stereocenters. The number of hydrogen-bond acceptors (Lipinski definition) is 3. The summed E-state index contributed by atoms with van der Waals surface area (Å²) in [7, 11) is 0. The van der Waals surface area contributed by atoms with Gasteiger partial charge in [0.05, 0.1) is 0 Å². The number of rotatable bonds is 3. The van der Waals surface area contributed by atoms with E-state index < -0.39 is 0 Å². The Balaban J connectivity index is 1.79. The maximum Gasteiger partial charge on any atom is 0.0309 e. The number of nitrogens with zero attached hydrogens (tertiary/aromatic N) is 1. The number of nitrogens with two attached hydrogens (primary N) is 1. The summed E-state index contributed by atoms with van der Waals surface area (Å²) in [6, 6.07) is 0.666. The van der Waals surface area contributed by atoms with Crippen LogP contribution >= 0.6 is 11.8 Å². The molecular formula is C10H20N2S. The highest BCUT2D eigenvalue weighted by Crippen LogP contribution is 2.28. The van der Waals surface area contributed by atoms with Crippen LogP contribution in [0.25, 0.3) is 0 Å². The van der Waals surface area contributed by atoms with Gasteiger partial charge in [0.25, 0.3) is 0 Å². The molecule has 2 aliphatic rings. The largest absolute Gasteiger partial charge is 0.329 e. The van der Waals surface area contributed by atoms with Crippen LogP contribution in [0.2, 0.25) is 0 Å². The minimum atomic E-state index is 0.666. The van der Waals surface area contributed by atoms with Crippen molar-refractivity contribution >= 4 is 11.8 Å². The molecule has 0 aromatic heterocycles. The van der Waals surface area contributed by atoms with Gasteiger partial charge < -0.3 is 5.73 Å². The van der Waals surface area contributed by atoms with Gasteiger partial charge in [-0.05, 0) is 18.8 Å². The average molecular weight is 200 g/mol. The zero-order valence-corrected chi connectivity index (χ0v) is 9.06. The first-order valence-electron chi connectivity index (χ1n) is 5.42. The fraction of sp³-hybridized carbons (Fsp3) is 1.00. The van der Waals surface area contributed by atoms with Gasteiger partial charge in [0, 0.05) is 37.2 Å². The van der Waals surface area contributed by atoms with Crippen LogP contribution in [0.3, 0.4) is 0 Å². The van der Waals surface area contributed by atoms with Crippen molar-refractivity contribution < 1.29 is 0 Å². The van der Waals surface area contributed by atoms with Crippen LogP contribution in [0.4, 0.5) is 0 Å². The van der Waals surface area contributed by atoms with E-state index in [1.165, 1.54) is 43.9 Å². The van der Waals surface area contributed by atoms with E-state index in [0.29, 0.717) is 6.04 Å². The Kier molecular flexibility index (Phi) is 3.52. The lowest BCUT2D eigenvalue weighted by Crippen LogP contribution is -2.49. The van der Waals surface area contributed by atoms with E-state index in [-0.39, 0.29) is 0 Å². The molecule has 2 fully saturated rings. The molecule has 0 aromatic rings. The molecule has 0 amide bonds. The Morgan fingerprint density at radius 3 is 2.85 bits per heavy atom. The van der Waals surface area contributed by atoms with Crippen LogP contribution in [0.15, 0.2) is 0 Å². The highest BCUT2D eigenvalue weighted by Gasteiger charge is 2.26. The van der Waals surface area contributed by atoms with Crippen molar-refractivity contribution in [3.05, 3.63) is 0 Å². The molecule has 0 aromatic carbocycles. The quantitative estimate of drug-likeness (QED) is 0.741. The van der Waals surface area contributed by atoms with Crippen LogP contribution in [0.1, 0.15) is 19.3 Å². The van der Waals surface area contributed by atoms with Crippen LogP contribution in [-0.4, -0.2) is 42.1 Å². The third kappa shape index (κ3) is 2.39. The van der Waals surface area contributed by atoms with Crippen LogP contribution in [-0.2, 0) is 0 Å². The van der Waals surface area contributed by atoms with Gasteiger partial charge in [0.15, 0.2) is 0 Å². The van der Waals surface area contributed by atoms with E-state index in [1.807, 2.05) is 0 Å². The van der Waals surface area contributed by atoms with Crippen LogP contribution in [0.5, 0.6) is 0 Å². The lowest BCUT2D eigenvalue weighted by Gasteiger charge is -2.39. The fourth-order valence-electron chi connectivity index (χ4n) is 2.15. The Hall–Kier alpha value is 0.270. The van der Waals surface area contributed by atoms with Gasteiger partial charge in [0.2, 0.25) is 0 Å². The Morgan fingerprint density at radius 2 is 2.23 bits per heavy atom.